The molecule has 0 heterocycles. The van der Waals surface area contributed by atoms with Gasteiger partial charge < -0.3 is 14.8 Å². The molecule has 0 fully saturated rings. The topological polar surface area (TPSA) is 47.6 Å². The third-order valence-electron chi connectivity index (χ3n) is 2.19. The SMILES string of the molecule is CCOC(=O)c1cccc(OCCCNC)c1.Cl. The molecule has 4 nitrogen and oxygen atoms in total. The molecule has 0 atom stereocenters. The first-order chi connectivity index (χ1) is 8.27. The molecule has 0 unspecified atom stereocenters. The molecule has 0 aliphatic heterocycles. The van der Waals surface area contributed by atoms with Gasteiger partial charge in [0.15, 0.2) is 0 Å². The lowest BCUT2D eigenvalue weighted by atomic mass is 10.2. The summed E-state index contributed by atoms with van der Waals surface area (Å²) in [5, 5.41) is 3.05. The van der Waals surface area contributed by atoms with Gasteiger partial charge in [-0.1, -0.05) is 6.07 Å². The summed E-state index contributed by atoms with van der Waals surface area (Å²) in [7, 11) is 1.90. The minimum absolute atomic E-state index is 0. The summed E-state index contributed by atoms with van der Waals surface area (Å²) in [6.07, 6.45) is 0.931. The molecule has 5 heteroatoms. The van der Waals surface area contributed by atoms with E-state index in [-0.39, 0.29) is 18.4 Å². The van der Waals surface area contributed by atoms with Crippen molar-refractivity contribution in [3.05, 3.63) is 29.8 Å². The van der Waals surface area contributed by atoms with Crippen molar-refractivity contribution in [3.63, 3.8) is 0 Å². The van der Waals surface area contributed by atoms with Crippen LogP contribution in [0.4, 0.5) is 0 Å². The first-order valence-corrected chi connectivity index (χ1v) is 5.82. The Kier molecular flexibility index (Phi) is 9.06. The van der Waals surface area contributed by atoms with Crippen LogP contribution in [0.25, 0.3) is 0 Å². The minimum Gasteiger partial charge on any atom is -0.494 e. The zero-order chi connectivity index (χ0) is 12.5. The zero-order valence-corrected chi connectivity index (χ0v) is 11.6. The Labute approximate surface area is 114 Å². The standard InChI is InChI=1S/C13H19NO3.ClH/c1-3-16-13(15)11-6-4-7-12(10-11)17-9-5-8-14-2;/h4,6-7,10,14H,3,5,8-9H2,1-2H3;1H. The maximum Gasteiger partial charge on any atom is 0.338 e. The monoisotopic (exact) mass is 273 g/mol. The fourth-order valence-electron chi connectivity index (χ4n) is 1.37. The van der Waals surface area contributed by atoms with Gasteiger partial charge in [-0.25, -0.2) is 4.79 Å². The van der Waals surface area contributed by atoms with Crippen molar-refractivity contribution in [2.75, 3.05) is 26.8 Å². The van der Waals surface area contributed by atoms with Crippen LogP contribution in [-0.4, -0.2) is 32.8 Å². The van der Waals surface area contributed by atoms with Gasteiger partial charge in [-0.15, -0.1) is 12.4 Å². The number of rotatable bonds is 7. The second kappa shape index (κ2) is 9.74. The number of benzene rings is 1. The highest BCUT2D eigenvalue weighted by Gasteiger charge is 2.06. The van der Waals surface area contributed by atoms with Crippen LogP contribution >= 0.6 is 12.4 Å². The van der Waals surface area contributed by atoms with Gasteiger partial charge in [0.2, 0.25) is 0 Å². The normalized spacial score (nSPS) is 9.44. The number of hydrogen-bond acceptors (Lipinski definition) is 4. The zero-order valence-electron chi connectivity index (χ0n) is 10.8. The summed E-state index contributed by atoms with van der Waals surface area (Å²) in [6.45, 7) is 3.72. The van der Waals surface area contributed by atoms with E-state index in [4.69, 9.17) is 9.47 Å². The van der Waals surface area contributed by atoms with Crippen LogP contribution in [0.5, 0.6) is 5.75 Å². The van der Waals surface area contributed by atoms with E-state index in [0.29, 0.717) is 24.5 Å². The van der Waals surface area contributed by atoms with Crippen molar-refractivity contribution < 1.29 is 14.3 Å². The van der Waals surface area contributed by atoms with E-state index in [2.05, 4.69) is 5.32 Å². The molecular formula is C13H20ClNO3. The van der Waals surface area contributed by atoms with Crippen LogP contribution in [0.2, 0.25) is 0 Å². The molecule has 0 saturated heterocycles. The lowest BCUT2D eigenvalue weighted by molar-refractivity contribution is 0.0526. The Morgan fingerprint density at radius 1 is 1.39 bits per heavy atom. The molecule has 0 amide bonds. The van der Waals surface area contributed by atoms with Gasteiger partial charge >= 0.3 is 5.97 Å². The Morgan fingerprint density at radius 2 is 2.17 bits per heavy atom. The summed E-state index contributed by atoms with van der Waals surface area (Å²) in [5.41, 5.74) is 0.526. The summed E-state index contributed by atoms with van der Waals surface area (Å²) in [4.78, 5) is 11.5. The van der Waals surface area contributed by atoms with Gasteiger partial charge in [-0.3, -0.25) is 0 Å². The molecule has 1 aromatic carbocycles. The van der Waals surface area contributed by atoms with E-state index in [0.717, 1.165) is 13.0 Å². The highest BCUT2D eigenvalue weighted by atomic mass is 35.5. The van der Waals surface area contributed by atoms with Crippen LogP contribution in [0.15, 0.2) is 24.3 Å². The maximum atomic E-state index is 11.5. The van der Waals surface area contributed by atoms with Gasteiger partial charge in [0.05, 0.1) is 18.8 Å². The molecule has 0 saturated carbocycles. The number of hydrogen-bond donors (Lipinski definition) is 1. The van der Waals surface area contributed by atoms with E-state index in [1.807, 2.05) is 13.1 Å². The summed E-state index contributed by atoms with van der Waals surface area (Å²) < 4.78 is 10.5. The minimum atomic E-state index is -0.312. The molecule has 1 aromatic rings. The Hall–Kier alpha value is -1.26. The second-order valence-corrected chi connectivity index (χ2v) is 3.55. The smallest absolute Gasteiger partial charge is 0.338 e. The lowest BCUT2D eigenvalue weighted by Crippen LogP contribution is -2.11. The van der Waals surface area contributed by atoms with Crippen molar-refractivity contribution in [2.45, 2.75) is 13.3 Å². The molecule has 1 rings (SSSR count). The third kappa shape index (κ3) is 5.89. The molecule has 102 valence electrons. The number of halogens is 1. The molecule has 0 radical (unpaired) electrons. The fourth-order valence-corrected chi connectivity index (χ4v) is 1.37. The molecule has 0 aliphatic carbocycles. The predicted molar refractivity (Wildman–Crippen MR) is 73.7 cm³/mol. The number of carbonyl (C=O) groups is 1. The van der Waals surface area contributed by atoms with Gasteiger partial charge in [0.25, 0.3) is 0 Å². The van der Waals surface area contributed by atoms with Gasteiger partial charge in [-0.05, 0) is 45.1 Å². The molecule has 1 N–H and O–H groups in total. The highest BCUT2D eigenvalue weighted by molar-refractivity contribution is 5.89. The third-order valence-corrected chi connectivity index (χ3v) is 2.19. The number of carbonyl (C=O) groups excluding carboxylic acids is 1. The van der Waals surface area contributed by atoms with E-state index in [1.54, 1.807) is 25.1 Å². The first kappa shape index (κ1) is 16.7. The molecule has 0 spiro atoms. The van der Waals surface area contributed by atoms with Crippen molar-refractivity contribution in [3.8, 4) is 5.75 Å². The summed E-state index contributed by atoms with van der Waals surface area (Å²) in [6, 6.07) is 7.05. The highest BCUT2D eigenvalue weighted by Crippen LogP contribution is 2.14. The van der Waals surface area contributed by atoms with Crippen molar-refractivity contribution in [1.29, 1.82) is 0 Å². The molecule has 0 aliphatic rings. The average Bonchev–Trinajstić information content (AvgIpc) is 2.35. The van der Waals surface area contributed by atoms with Crippen LogP contribution in [0.1, 0.15) is 23.7 Å². The average molecular weight is 274 g/mol. The van der Waals surface area contributed by atoms with E-state index < -0.39 is 0 Å². The molecule has 0 bridgehead atoms. The van der Waals surface area contributed by atoms with Crippen molar-refractivity contribution >= 4 is 18.4 Å². The second-order valence-electron chi connectivity index (χ2n) is 3.55. The summed E-state index contributed by atoms with van der Waals surface area (Å²) >= 11 is 0. The van der Waals surface area contributed by atoms with Crippen LogP contribution in [-0.2, 0) is 4.74 Å². The lowest BCUT2D eigenvalue weighted by Gasteiger charge is -2.07. The molecule has 18 heavy (non-hydrogen) atoms. The van der Waals surface area contributed by atoms with Crippen LogP contribution in [0, 0.1) is 0 Å². The maximum absolute atomic E-state index is 11.5. The number of ether oxygens (including phenoxy) is 2. The van der Waals surface area contributed by atoms with Crippen LogP contribution in [0.3, 0.4) is 0 Å². The molecular weight excluding hydrogens is 254 g/mol. The van der Waals surface area contributed by atoms with E-state index in [1.165, 1.54) is 0 Å². The van der Waals surface area contributed by atoms with Crippen molar-refractivity contribution in [1.82, 2.24) is 5.32 Å². The predicted octanol–water partition coefficient (Wildman–Crippen LogP) is 2.27. The quantitative estimate of drug-likeness (QED) is 0.612. The largest absolute Gasteiger partial charge is 0.494 e. The first-order valence-electron chi connectivity index (χ1n) is 5.82. The number of nitrogens with one attached hydrogen (secondary N) is 1. The molecule has 0 aromatic heterocycles. The Bertz CT molecular complexity index is 358. The Morgan fingerprint density at radius 3 is 2.83 bits per heavy atom. The number of esters is 1. The fraction of sp³-hybridized carbons (Fsp3) is 0.462. The Balaban J connectivity index is 0.00000289. The van der Waals surface area contributed by atoms with Gasteiger partial charge in [0.1, 0.15) is 5.75 Å². The van der Waals surface area contributed by atoms with Crippen molar-refractivity contribution in [2.24, 2.45) is 0 Å². The van der Waals surface area contributed by atoms with E-state index >= 15 is 0 Å². The van der Waals surface area contributed by atoms with Crippen LogP contribution < -0.4 is 10.1 Å². The van der Waals surface area contributed by atoms with E-state index in [9.17, 15) is 4.79 Å². The van der Waals surface area contributed by atoms with Gasteiger partial charge in [-0.2, -0.15) is 0 Å². The van der Waals surface area contributed by atoms with Gasteiger partial charge in [0, 0.05) is 0 Å². The summed E-state index contributed by atoms with van der Waals surface area (Å²) in [5.74, 6) is 0.389.